The first kappa shape index (κ1) is 22.5. The minimum absolute atomic E-state index is 0. The number of methoxy groups -OCH3 is 1. The zero-order valence-electron chi connectivity index (χ0n) is 16.6. The van der Waals surface area contributed by atoms with Crippen LogP contribution in [0.4, 0.5) is 5.69 Å². The van der Waals surface area contributed by atoms with Gasteiger partial charge in [0, 0.05) is 18.3 Å². The van der Waals surface area contributed by atoms with Crippen molar-refractivity contribution in [2.45, 2.75) is 38.8 Å². The molecule has 1 heterocycles. The lowest BCUT2D eigenvalue weighted by molar-refractivity contribution is 0.276. The molecule has 0 aromatic heterocycles. The molecule has 3 N–H and O–H groups in total. The number of halogens is 1. The van der Waals surface area contributed by atoms with E-state index in [1.807, 2.05) is 24.3 Å². The lowest BCUT2D eigenvalue weighted by Gasteiger charge is -2.21. The monoisotopic (exact) mass is 494 g/mol. The van der Waals surface area contributed by atoms with E-state index in [2.05, 4.69) is 39.5 Å². The second-order valence-electron chi connectivity index (χ2n) is 7.02. The zero-order chi connectivity index (χ0) is 18.9. The minimum Gasteiger partial charge on any atom is -0.497 e. The molecule has 1 aliphatic heterocycles. The van der Waals surface area contributed by atoms with E-state index in [9.17, 15) is 0 Å². The molecule has 3 rings (SSSR count). The molecule has 1 saturated heterocycles. The van der Waals surface area contributed by atoms with Gasteiger partial charge in [0.2, 0.25) is 0 Å². The number of hydrogen-bond acceptors (Lipinski definition) is 3. The molecule has 152 valence electrons. The predicted molar refractivity (Wildman–Crippen MR) is 128 cm³/mol. The highest BCUT2D eigenvalue weighted by molar-refractivity contribution is 14.0. The average Bonchev–Trinajstić information content (AvgIpc) is 2.96. The normalized spacial score (nSPS) is 15.4. The third-order valence-corrected chi connectivity index (χ3v) is 4.97. The predicted octanol–water partition coefficient (Wildman–Crippen LogP) is 4.62. The van der Waals surface area contributed by atoms with Gasteiger partial charge < -0.3 is 15.8 Å². The summed E-state index contributed by atoms with van der Waals surface area (Å²) in [7, 11) is 1.65. The maximum Gasteiger partial charge on any atom is 0.193 e. The highest BCUT2D eigenvalue weighted by Gasteiger charge is 2.11. The molecule has 28 heavy (non-hydrogen) atoms. The number of nitrogens with two attached hydrogens (primary N) is 1. The van der Waals surface area contributed by atoms with Crippen LogP contribution in [-0.2, 0) is 13.1 Å². The van der Waals surface area contributed by atoms with Gasteiger partial charge in [-0.1, -0.05) is 43.2 Å². The molecular formula is C22H31IN4O. The van der Waals surface area contributed by atoms with Gasteiger partial charge in [0.25, 0.3) is 0 Å². The fourth-order valence-electron chi connectivity index (χ4n) is 3.46. The fraction of sp³-hybridized carbons (Fsp3) is 0.409. The van der Waals surface area contributed by atoms with E-state index in [1.54, 1.807) is 7.11 Å². The highest BCUT2D eigenvalue weighted by atomic mass is 127. The van der Waals surface area contributed by atoms with E-state index >= 15 is 0 Å². The maximum absolute atomic E-state index is 6.09. The summed E-state index contributed by atoms with van der Waals surface area (Å²) in [6.07, 6.45) is 5.32. The van der Waals surface area contributed by atoms with Crippen molar-refractivity contribution in [3.63, 3.8) is 0 Å². The van der Waals surface area contributed by atoms with Crippen molar-refractivity contribution in [1.29, 1.82) is 0 Å². The summed E-state index contributed by atoms with van der Waals surface area (Å²) in [5.41, 5.74) is 9.53. The molecule has 0 unspecified atom stereocenters. The lowest BCUT2D eigenvalue weighted by atomic mass is 10.1. The van der Waals surface area contributed by atoms with Crippen LogP contribution in [0.15, 0.2) is 53.5 Å². The Bertz CT molecular complexity index is 758. The highest BCUT2D eigenvalue weighted by Crippen LogP contribution is 2.18. The quantitative estimate of drug-likeness (QED) is 0.350. The van der Waals surface area contributed by atoms with E-state index < -0.39 is 0 Å². The first-order valence-corrected chi connectivity index (χ1v) is 9.75. The van der Waals surface area contributed by atoms with Gasteiger partial charge in [-0.3, -0.25) is 4.90 Å². The van der Waals surface area contributed by atoms with Gasteiger partial charge in [-0.2, -0.15) is 0 Å². The van der Waals surface area contributed by atoms with Crippen molar-refractivity contribution < 1.29 is 4.74 Å². The first-order chi connectivity index (χ1) is 13.2. The van der Waals surface area contributed by atoms with Crippen LogP contribution in [-0.4, -0.2) is 31.1 Å². The van der Waals surface area contributed by atoms with Gasteiger partial charge in [0.15, 0.2) is 5.96 Å². The molecular weight excluding hydrogens is 463 g/mol. The topological polar surface area (TPSA) is 62.9 Å². The number of nitrogens with zero attached hydrogens (tertiary/aromatic N) is 2. The number of aliphatic imine (C=N–C) groups is 1. The lowest BCUT2D eigenvalue weighted by Crippen LogP contribution is -2.25. The molecule has 0 radical (unpaired) electrons. The van der Waals surface area contributed by atoms with Crippen LogP contribution in [0.1, 0.15) is 36.8 Å². The number of benzene rings is 2. The second-order valence-corrected chi connectivity index (χ2v) is 7.02. The van der Waals surface area contributed by atoms with Gasteiger partial charge >= 0.3 is 0 Å². The summed E-state index contributed by atoms with van der Waals surface area (Å²) in [5.74, 6) is 1.20. The molecule has 0 amide bonds. The Morgan fingerprint density at radius 2 is 1.75 bits per heavy atom. The largest absolute Gasteiger partial charge is 0.497 e. The Morgan fingerprint density at radius 3 is 2.46 bits per heavy atom. The maximum atomic E-state index is 6.09. The molecule has 0 saturated carbocycles. The van der Waals surface area contributed by atoms with Gasteiger partial charge in [-0.15, -0.1) is 24.0 Å². The number of ether oxygens (including phenoxy) is 1. The number of guanidine groups is 1. The van der Waals surface area contributed by atoms with Gasteiger partial charge in [0.1, 0.15) is 5.75 Å². The van der Waals surface area contributed by atoms with Crippen molar-refractivity contribution >= 4 is 35.6 Å². The Morgan fingerprint density at radius 1 is 1.04 bits per heavy atom. The number of rotatable bonds is 6. The number of likely N-dealkylation sites (tertiary alicyclic amines) is 1. The zero-order valence-corrected chi connectivity index (χ0v) is 18.9. The summed E-state index contributed by atoms with van der Waals surface area (Å²) >= 11 is 0. The van der Waals surface area contributed by atoms with Crippen LogP contribution in [0.3, 0.4) is 0 Å². The molecule has 1 aliphatic rings. The van der Waals surface area contributed by atoms with Crippen molar-refractivity contribution in [1.82, 2.24) is 4.90 Å². The van der Waals surface area contributed by atoms with Crippen molar-refractivity contribution in [3.05, 3.63) is 59.7 Å². The molecule has 1 fully saturated rings. The molecule has 0 aliphatic carbocycles. The van der Waals surface area contributed by atoms with Crippen LogP contribution >= 0.6 is 24.0 Å². The summed E-state index contributed by atoms with van der Waals surface area (Å²) < 4.78 is 5.24. The van der Waals surface area contributed by atoms with Crippen LogP contribution in [0, 0.1) is 0 Å². The van der Waals surface area contributed by atoms with Crippen LogP contribution in [0.25, 0.3) is 0 Å². The fourth-order valence-corrected chi connectivity index (χ4v) is 3.46. The van der Waals surface area contributed by atoms with E-state index in [-0.39, 0.29) is 24.0 Å². The minimum atomic E-state index is 0. The molecule has 2 aromatic carbocycles. The van der Waals surface area contributed by atoms with E-state index in [0.717, 1.165) is 18.0 Å². The molecule has 5 nitrogen and oxygen atoms in total. The van der Waals surface area contributed by atoms with E-state index in [0.29, 0.717) is 12.5 Å². The molecule has 0 atom stereocenters. The van der Waals surface area contributed by atoms with Crippen molar-refractivity contribution in [2.24, 2.45) is 10.7 Å². The second kappa shape index (κ2) is 11.9. The number of anilines is 1. The first-order valence-electron chi connectivity index (χ1n) is 9.75. The van der Waals surface area contributed by atoms with Crippen LogP contribution in [0.5, 0.6) is 5.75 Å². The van der Waals surface area contributed by atoms with Crippen LogP contribution in [0.2, 0.25) is 0 Å². The number of hydrogen-bond donors (Lipinski definition) is 2. The summed E-state index contributed by atoms with van der Waals surface area (Å²) in [4.78, 5) is 7.10. The third-order valence-electron chi connectivity index (χ3n) is 4.97. The Kier molecular flexibility index (Phi) is 9.57. The van der Waals surface area contributed by atoms with Crippen molar-refractivity contribution in [2.75, 3.05) is 25.5 Å². The van der Waals surface area contributed by atoms with Crippen molar-refractivity contribution in [3.8, 4) is 5.75 Å². The Balaban J connectivity index is 0.00000280. The summed E-state index contributed by atoms with van der Waals surface area (Å²) in [6, 6.07) is 16.2. The smallest absolute Gasteiger partial charge is 0.193 e. The Labute approximate surface area is 185 Å². The van der Waals surface area contributed by atoms with E-state index in [1.165, 1.54) is 49.9 Å². The van der Waals surface area contributed by atoms with Gasteiger partial charge in [-0.25, -0.2) is 4.99 Å². The summed E-state index contributed by atoms with van der Waals surface area (Å²) in [6.45, 7) is 3.95. The molecule has 6 heteroatoms. The molecule has 0 bridgehead atoms. The van der Waals surface area contributed by atoms with Crippen LogP contribution < -0.4 is 15.8 Å². The Hall–Kier alpha value is -1.80. The SMILES string of the molecule is COc1cccc(NC(N)=NCc2ccccc2CN2CCCCCC2)c1.I. The standard InChI is InChI=1S/C22H30N4O.HI/c1-27-21-12-8-11-20(15-21)25-22(23)24-16-18-9-4-5-10-19(18)17-26-13-6-2-3-7-14-26;/h4-5,8-12,15H,2-3,6-7,13-14,16-17H2,1H3,(H3,23,24,25);1H. The summed E-state index contributed by atoms with van der Waals surface area (Å²) in [5, 5.41) is 3.13. The van der Waals surface area contributed by atoms with Gasteiger partial charge in [-0.05, 0) is 49.2 Å². The van der Waals surface area contributed by atoms with E-state index in [4.69, 9.17) is 10.5 Å². The third kappa shape index (κ3) is 6.98. The molecule has 2 aromatic rings. The number of nitrogens with one attached hydrogen (secondary N) is 1. The van der Waals surface area contributed by atoms with Gasteiger partial charge in [0.05, 0.1) is 13.7 Å². The molecule has 0 spiro atoms. The average molecular weight is 494 g/mol.